The van der Waals surface area contributed by atoms with E-state index in [2.05, 4.69) is 22.7 Å². The SMILES string of the molecule is CC1CCNCC1NC(=O)CCn1[nH]c(=O)c2ccccc2c1=O. The van der Waals surface area contributed by atoms with E-state index in [4.69, 9.17) is 0 Å². The van der Waals surface area contributed by atoms with Crippen molar-refractivity contribution in [1.29, 1.82) is 0 Å². The highest BCUT2D eigenvalue weighted by atomic mass is 16.2. The van der Waals surface area contributed by atoms with Gasteiger partial charge in [0, 0.05) is 19.0 Å². The molecule has 1 saturated heterocycles. The maximum Gasteiger partial charge on any atom is 0.273 e. The van der Waals surface area contributed by atoms with Crippen LogP contribution in [0.5, 0.6) is 0 Å². The summed E-state index contributed by atoms with van der Waals surface area (Å²) in [5.74, 6) is 0.315. The summed E-state index contributed by atoms with van der Waals surface area (Å²) in [6.45, 7) is 4.01. The van der Waals surface area contributed by atoms with Crippen LogP contribution < -0.4 is 21.8 Å². The van der Waals surface area contributed by atoms with Crippen LogP contribution in [0, 0.1) is 5.92 Å². The number of H-pyrrole nitrogens is 1. The first-order valence-electron chi connectivity index (χ1n) is 8.28. The maximum atomic E-state index is 12.4. The van der Waals surface area contributed by atoms with Gasteiger partial charge in [-0.3, -0.25) is 19.5 Å². The number of hydrogen-bond acceptors (Lipinski definition) is 4. The minimum Gasteiger partial charge on any atom is -0.352 e. The first kappa shape index (κ1) is 16.4. The highest BCUT2D eigenvalue weighted by Gasteiger charge is 2.22. The number of amides is 1. The lowest BCUT2D eigenvalue weighted by Gasteiger charge is -2.30. The van der Waals surface area contributed by atoms with Gasteiger partial charge >= 0.3 is 0 Å². The van der Waals surface area contributed by atoms with Gasteiger partial charge in [-0.2, -0.15) is 0 Å². The molecule has 1 aliphatic heterocycles. The summed E-state index contributed by atoms with van der Waals surface area (Å²) in [7, 11) is 0. The number of aromatic amines is 1. The van der Waals surface area contributed by atoms with Gasteiger partial charge in [0.15, 0.2) is 0 Å². The average Bonchev–Trinajstić information content (AvgIpc) is 2.59. The lowest BCUT2D eigenvalue weighted by atomic mass is 9.95. The van der Waals surface area contributed by atoms with Crippen LogP contribution >= 0.6 is 0 Å². The summed E-state index contributed by atoms with van der Waals surface area (Å²) >= 11 is 0. The van der Waals surface area contributed by atoms with Crippen LogP contribution in [0.2, 0.25) is 0 Å². The zero-order chi connectivity index (χ0) is 17.1. The first-order valence-corrected chi connectivity index (χ1v) is 8.28. The van der Waals surface area contributed by atoms with Gasteiger partial charge in [0.1, 0.15) is 0 Å². The third-order valence-corrected chi connectivity index (χ3v) is 4.62. The second kappa shape index (κ2) is 7.00. The van der Waals surface area contributed by atoms with Crippen LogP contribution in [-0.4, -0.2) is 34.8 Å². The Morgan fingerprint density at radius 1 is 1.29 bits per heavy atom. The normalized spacial score (nSPS) is 20.9. The first-order chi connectivity index (χ1) is 11.6. The molecule has 1 amide bonds. The molecule has 0 saturated carbocycles. The highest BCUT2D eigenvalue weighted by molar-refractivity contribution is 5.80. The smallest absolute Gasteiger partial charge is 0.273 e. The summed E-state index contributed by atoms with van der Waals surface area (Å²) in [6.07, 6.45) is 1.18. The molecule has 0 spiro atoms. The van der Waals surface area contributed by atoms with Crippen molar-refractivity contribution in [2.75, 3.05) is 13.1 Å². The van der Waals surface area contributed by atoms with E-state index in [9.17, 15) is 14.4 Å². The van der Waals surface area contributed by atoms with Crippen LogP contribution in [0.15, 0.2) is 33.9 Å². The van der Waals surface area contributed by atoms with Crippen LogP contribution in [0.25, 0.3) is 10.8 Å². The lowest BCUT2D eigenvalue weighted by Crippen LogP contribution is -2.50. The molecule has 3 rings (SSSR count). The third kappa shape index (κ3) is 3.41. The van der Waals surface area contributed by atoms with Gasteiger partial charge in [-0.25, -0.2) is 4.68 Å². The van der Waals surface area contributed by atoms with E-state index in [1.165, 1.54) is 4.68 Å². The Morgan fingerprint density at radius 2 is 2.04 bits per heavy atom. The number of fused-ring (bicyclic) bond motifs is 1. The number of aromatic nitrogens is 2. The number of nitrogens with one attached hydrogen (secondary N) is 3. The Balaban J connectivity index is 1.69. The Kier molecular flexibility index (Phi) is 4.80. The molecule has 128 valence electrons. The third-order valence-electron chi connectivity index (χ3n) is 4.62. The van der Waals surface area contributed by atoms with Crippen molar-refractivity contribution in [2.45, 2.75) is 32.4 Å². The molecule has 0 radical (unpaired) electrons. The van der Waals surface area contributed by atoms with Gasteiger partial charge < -0.3 is 10.6 Å². The minimum absolute atomic E-state index is 0.110. The van der Waals surface area contributed by atoms with Crippen molar-refractivity contribution in [2.24, 2.45) is 5.92 Å². The molecule has 2 aromatic rings. The van der Waals surface area contributed by atoms with Gasteiger partial charge in [0.25, 0.3) is 11.1 Å². The van der Waals surface area contributed by atoms with Crippen LogP contribution in [-0.2, 0) is 11.3 Å². The zero-order valence-electron chi connectivity index (χ0n) is 13.7. The Morgan fingerprint density at radius 3 is 2.79 bits per heavy atom. The Hall–Kier alpha value is -2.41. The number of benzene rings is 1. The number of piperidine rings is 1. The average molecular weight is 330 g/mol. The van der Waals surface area contributed by atoms with Crippen molar-refractivity contribution in [3.63, 3.8) is 0 Å². The molecule has 2 atom stereocenters. The Bertz CT molecular complexity index is 855. The van der Waals surface area contributed by atoms with Gasteiger partial charge in [0.05, 0.1) is 17.3 Å². The monoisotopic (exact) mass is 330 g/mol. The number of carbonyl (C=O) groups excluding carboxylic acids is 1. The van der Waals surface area contributed by atoms with Crippen molar-refractivity contribution in [1.82, 2.24) is 20.4 Å². The molecule has 1 fully saturated rings. The molecule has 1 aliphatic rings. The van der Waals surface area contributed by atoms with Crippen LogP contribution in [0.3, 0.4) is 0 Å². The molecule has 1 aromatic heterocycles. The van der Waals surface area contributed by atoms with Gasteiger partial charge in [-0.15, -0.1) is 0 Å². The summed E-state index contributed by atoms with van der Waals surface area (Å²) in [6, 6.07) is 6.79. The Labute approximate surface area is 139 Å². The molecule has 0 bridgehead atoms. The topological polar surface area (TPSA) is 96.0 Å². The molecule has 1 aromatic carbocycles. The lowest BCUT2D eigenvalue weighted by molar-refractivity contribution is -0.122. The van der Waals surface area contributed by atoms with Gasteiger partial charge in [-0.1, -0.05) is 19.1 Å². The summed E-state index contributed by atoms with van der Waals surface area (Å²) in [5, 5.41) is 9.54. The molecular weight excluding hydrogens is 308 g/mol. The van der Waals surface area contributed by atoms with Crippen molar-refractivity contribution < 1.29 is 4.79 Å². The van der Waals surface area contributed by atoms with E-state index in [1.54, 1.807) is 24.3 Å². The van der Waals surface area contributed by atoms with Crippen molar-refractivity contribution in [3.8, 4) is 0 Å². The number of aryl methyl sites for hydroxylation is 1. The largest absolute Gasteiger partial charge is 0.352 e. The number of carbonyl (C=O) groups is 1. The van der Waals surface area contributed by atoms with Crippen molar-refractivity contribution in [3.05, 3.63) is 45.0 Å². The number of rotatable bonds is 4. The maximum absolute atomic E-state index is 12.4. The molecule has 7 heteroatoms. The second-order valence-corrected chi connectivity index (χ2v) is 6.34. The van der Waals surface area contributed by atoms with E-state index in [0.717, 1.165) is 19.5 Å². The second-order valence-electron chi connectivity index (χ2n) is 6.34. The van der Waals surface area contributed by atoms with E-state index in [0.29, 0.717) is 16.7 Å². The van der Waals surface area contributed by atoms with E-state index < -0.39 is 0 Å². The molecule has 2 heterocycles. The van der Waals surface area contributed by atoms with E-state index >= 15 is 0 Å². The molecule has 2 unspecified atom stereocenters. The predicted octanol–water partition coefficient (Wildman–Crippen LogP) is 0.194. The van der Waals surface area contributed by atoms with E-state index in [-0.39, 0.29) is 36.0 Å². The highest BCUT2D eigenvalue weighted by Crippen LogP contribution is 2.11. The number of nitrogens with zero attached hydrogens (tertiary/aromatic N) is 1. The zero-order valence-corrected chi connectivity index (χ0v) is 13.7. The molecule has 3 N–H and O–H groups in total. The minimum atomic E-state index is -0.323. The molecule has 0 aliphatic carbocycles. The van der Waals surface area contributed by atoms with Crippen LogP contribution in [0.4, 0.5) is 0 Å². The molecule has 7 nitrogen and oxygen atoms in total. The quantitative estimate of drug-likeness (QED) is 0.746. The van der Waals surface area contributed by atoms with Crippen LogP contribution in [0.1, 0.15) is 19.8 Å². The van der Waals surface area contributed by atoms with Gasteiger partial charge in [-0.05, 0) is 31.0 Å². The fraction of sp³-hybridized carbons (Fsp3) is 0.471. The fourth-order valence-corrected chi connectivity index (χ4v) is 3.08. The summed E-state index contributed by atoms with van der Waals surface area (Å²) in [4.78, 5) is 36.6. The van der Waals surface area contributed by atoms with Gasteiger partial charge in [0.2, 0.25) is 5.91 Å². The fourth-order valence-electron chi connectivity index (χ4n) is 3.08. The number of hydrogen-bond donors (Lipinski definition) is 3. The predicted molar refractivity (Wildman–Crippen MR) is 92.0 cm³/mol. The molecular formula is C17H22N4O3. The summed E-state index contributed by atoms with van der Waals surface area (Å²) in [5.41, 5.74) is -0.610. The standard InChI is InChI=1S/C17H22N4O3/c1-11-6-8-18-10-14(11)19-15(22)7-9-21-17(24)13-5-3-2-4-12(13)16(23)20-21/h2-5,11,14,18H,6-10H2,1H3,(H,19,22)(H,20,23). The van der Waals surface area contributed by atoms with Crippen molar-refractivity contribution >= 4 is 16.7 Å². The molecule has 24 heavy (non-hydrogen) atoms. The summed E-state index contributed by atoms with van der Waals surface area (Å²) < 4.78 is 1.22. The van der Waals surface area contributed by atoms with E-state index in [1.807, 2.05) is 0 Å².